The van der Waals surface area contributed by atoms with Crippen LogP contribution in [0, 0.1) is 5.92 Å². The van der Waals surface area contributed by atoms with Crippen molar-refractivity contribution in [2.45, 2.75) is 97.2 Å². The van der Waals surface area contributed by atoms with E-state index in [1.807, 2.05) is 4.31 Å². The van der Waals surface area contributed by atoms with Crippen LogP contribution in [0.2, 0.25) is 0 Å². The van der Waals surface area contributed by atoms with Gasteiger partial charge in [0, 0.05) is 36.8 Å². The van der Waals surface area contributed by atoms with E-state index in [4.69, 9.17) is 0 Å². The van der Waals surface area contributed by atoms with Gasteiger partial charge < -0.3 is 5.32 Å². The Hall–Kier alpha value is -0.170. The van der Waals surface area contributed by atoms with Gasteiger partial charge in [0.2, 0.25) is 0 Å². The molecule has 2 rings (SSSR count). The van der Waals surface area contributed by atoms with Gasteiger partial charge in [-0.15, -0.1) is 0 Å². The van der Waals surface area contributed by atoms with E-state index in [2.05, 4.69) is 46.9 Å². The third kappa shape index (κ3) is 5.41. The molecular weight excluding hydrogens is 334 g/mol. The third-order valence-electron chi connectivity index (χ3n) is 5.67. The molecule has 0 radical (unpaired) electrons. The van der Waals surface area contributed by atoms with Gasteiger partial charge in [-0.05, 0) is 65.7 Å². The maximum absolute atomic E-state index is 13.5. The van der Waals surface area contributed by atoms with Gasteiger partial charge in [-0.25, -0.2) is 0 Å². The molecule has 2 saturated heterocycles. The van der Waals surface area contributed by atoms with Crippen molar-refractivity contribution in [3.05, 3.63) is 0 Å². The van der Waals surface area contributed by atoms with Gasteiger partial charge >= 0.3 is 0 Å². The van der Waals surface area contributed by atoms with E-state index in [0.29, 0.717) is 25.6 Å². The van der Waals surface area contributed by atoms with Crippen LogP contribution >= 0.6 is 0 Å². The largest absolute Gasteiger partial charge is 0.307 e. The van der Waals surface area contributed by atoms with E-state index in [9.17, 15) is 8.42 Å². The number of piperidine rings is 2. The minimum absolute atomic E-state index is 0.0528. The quantitative estimate of drug-likeness (QED) is 0.776. The fraction of sp³-hybridized carbons (Fsp3) is 1.00. The molecule has 0 amide bonds. The summed E-state index contributed by atoms with van der Waals surface area (Å²) in [6, 6.07) is 0.0714. The highest BCUT2D eigenvalue weighted by molar-refractivity contribution is 7.86. The molecule has 0 aromatic heterocycles. The van der Waals surface area contributed by atoms with Crippen LogP contribution in [0.25, 0.3) is 0 Å². The average Bonchev–Trinajstić information content (AvgIpc) is 2.44. The lowest BCUT2D eigenvalue weighted by atomic mass is 9.79. The predicted molar refractivity (Wildman–Crippen MR) is 105 cm³/mol. The van der Waals surface area contributed by atoms with Crippen molar-refractivity contribution in [1.29, 1.82) is 0 Å². The van der Waals surface area contributed by atoms with Crippen LogP contribution in [0.5, 0.6) is 0 Å². The Morgan fingerprint density at radius 2 is 1.60 bits per heavy atom. The first-order chi connectivity index (χ1) is 11.5. The number of unbranched alkanes of at least 4 members (excludes halogenated alkanes) is 1. The number of hydrogen-bond donors (Lipinski definition) is 1. The zero-order valence-corrected chi connectivity index (χ0v) is 18.0. The molecule has 1 N–H and O–H groups in total. The molecule has 0 saturated carbocycles. The number of hydrogen-bond acceptors (Lipinski definition) is 3. The molecule has 0 unspecified atom stereocenters. The lowest BCUT2D eigenvalue weighted by Crippen LogP contribution is -2.64. The molecule has 148 valence electrons. The smallest absolute Gasteiger partial charge is 0.282 e. The molecule has 0 bridgehead atoms. The molecule has 2 heterocycles. The van der Waals surface area contributed by atoms with Gasteiger partial charge in [-0.1, -0.05) is 20.3 Å². The zero-order valence-electron chi connectivity index (χ0n) is 17.1. The molecule has 2 aliphatic heterocycles. The van der Waals surface area contributed by atoms with Gasteiger partial charge in [0.15, 0.2) is 0 Å². The maximum Gasteiger partial charge on any atom is 0.282 e. The van der Waals surface area contributed by atoms with E-state index >= 15 is 0 Å². The molecule has 0 atom stereocenters. The van der Waals surface area contributed by atoms with Crippen molar-refractivity contribution < 1.29 is 8.42 Å². The summed E-state index contributed by atoms with van der Waals surface area (Å²) in [5.41, 5.74) is -0.106. The van der Waals surface area contributed by atoms with E-state index in [1.165, 1.54) is 0 Å². The van der Waals surface area contributed by atoms with Crippen LogP contribution in [0.1, 0.15) is 80.1 Å². The second-order valence-electron chi connectivity index (χ2n) is 9.51. The maximum atomic E-state index is 13.5. The zero-order chi connectivity index (χ0) is 18.9. The topological polar surface area (TPSA) is 52.7 Å². The normalized spacial score (nSPS) is 26.2. The summed E-state index contributed by atoms with van der Waals surface area (Å²) >= 11 is 0. The molecule has 5 nitrogen and oxygen atoms in total. The summed E-state index contributed by atoms with van der Waals surface area (Å²) in [6.45, 7) is 15.1. The van der Waals surface area contributed by atoms with Crippen molar-refractivity contribution in [3.63, 3.8) is 0 Å². The van der Waals surface area contributed by atoms with Gasteiger partial charge in [-0.3, -0.25) is 0 Å². The van der Waals surface area contributed by atoms with Crippen LogP contribution in [-0.2, 0) is 10.2 Å². The van der Waals surface area contributed by atoms with Gasteiger partial charge in [0.1, 0.15) is 0 Å². The second kappa shape index (κ2) is 7.83. The van der Waals surface area contributed by atoms with Crippen molar-refractivity contribution in [1.82, 2.24) is 13.9 Å². The number of nitrogens with one attached hydrogen (secondary N) is 1. The second-order valence-corrected chi connectivity index (χ2v) is 11.4. The molecule has 0 aliphatic carbocycles. The van der Waals surface area contributed by atoms with E-state index in [-0.39, 0.29) is 17.1 Å². The van der Waals surface area contributed by atoms with Crippen LogP contribution in [0.15, 0.2) is 0 Å². The van der Waals surface area contributed by atoms with Gasteiger partial charge in [0.05, 0.1) is 0 Å². The van der Waals surface area contributed by atoms with E-state index in [1.54, 1.807) is 4.31 Å². The first-order valence-corrected chi connectivity index (χ1v) is 11.4. The Bertz CT molecular complexity index is 521. The molecule has 0 spiro atoms. The standard InChI is InChI=1S/C19H39N3O2S/c1-7-8-11-22(17-14-18(3,4)20-19(5,6)15-17)25(23,24)21-12-9-16(2)10-13-21/h16-17,20H,7-15H2,1-6H3. The van der Waals surface area contributed by atoms with E-state index in [0.717, 1.165) is 38.5 Å². The third-order valence-corrected chi connectivity index (χ3v) is 7.76. The molecule has 0 aromatic rings. The number of rotatable bonds is 6. The van der Waals surface area contributed by atoms with Crippen LogP contribution in [0.4, 0.5) is 0 Å². The Balaban J connectivity index is 2.25. The van der Waals surface area contributed by atoms with Crippen molar-refractivity contribution in [3.8, 4) is 0 Å². The lowest BCUT2D eigenvalue weighted by molar-refractivity contribution is 0.103. The fourth-order valence-corrected chi connectivity index (χ4v) is 6.49. The van der Waals surface area contributed by atoms with Crippen molar-refractivity contribution >= 4 is 10.2 Å². The molecular formula is C19H39N3O2S. The summed E-state index contributed by atoms with van der Waals surface area (Å²) in [6.07, 6.45) is 5.62. The van der Waals surface area contributed by atoms with Gasteiger partial charge in [0.25, 0.3) is 10.2 Å². The Morgan fingerprint density at radius 1 is 1.08 bits per heavy atom. The van der Waals surface area contributed by atoms with Gasteiger partial charge in [-0.2, -0.15) is 17.0 Å². The summed E-state index contributed by atoms with van der Waals surface area (Å²) in [4.78, 5) is 0. The predicted octanol–water partition coefficient (Wildman–Crippen LogP) is 3.37. The minimum atomic E-state index is -3.38. The Morgan fingerprint density at radius 3 is 2.08 bits per heavy atom. The monoisotopic (exact) mass is 373 g/mol. The highest BCUT2D eigenvalue weighted by Gasteiger charge is 2.44. The van der Waals surface area contributed by atoms with Crippen LogP contribution in [-0.4, -0.2) is 53.8 Å². The molecule has 2 fully saturated rings. The van der Waals surface area contributed by atoms with Crippen molar-refractivity contribution in [2.75, 3.05) is 19.6 Å². The molecule has 0 aromatic carbocycles. The van der Waals surface area contributed by atoms with Crippen molar-refractivity contribution in [2.24, 2.45) is 5.92 Å². The number of nitrogens with zero attached hydrogens (tertiary/aromatic N) is 2. The first kappa shape index (κ1) is 21.1. The van der Waals surface area contributed by atoms with E-state index < -0.39 is 10.2 Å². The highest BCUT2D eigenvalue weighted by Crippen LogP contribution is 2.34. The van der Waals surface area contributed by atoms with Crippen LogP contribution < -0.4 is 5.32 Å². The SMILES string of the molecule is CCCCN(C1CC(C)(C)NC(C)(C)C1)S(=O)(=O)N1CCC(C)CC1. The molecule has 6 heteroatoms. The average molecular weight is 374 g/mol. The summed E-state index contributed by atoms with van der Waals surface area (Å²) < 4.78 is 30.5. The minimum Gasteiger partial charge on any atom is -0.307 e. The summed E-state index contributed by atoms with van der Waals surface area (Å²) in [7, 11) is -3.38. The van der Waals surface area contributed by atoms with Crippen LogP contribution in [0.3, 0.4) is 0 Å². The molecule has 25 heavy (non-hydrogen) atoms. The summed E-state index contributed by atoms with van der Waals surface area (Å²) in [5.74, 6) is 0.632. The first-order valence-electron chi connectivity index (χ1n) is 10.0. The highest BCUT2D eigenvalue weighted by atomic mass is 32.2. The molecule has 2 aliphatic rings. The Labute approximate surface area is 155 Å². The Kier molecular flexibility index (Phi) is 6.62. The lowest BCUT2D eigenvalue weighted by Gasteiger charge is -2.50. The summed E-state index contributed by atoms with van der Waals surface area (Å²) in [5, 5.41) is 3.67. The fourth-order valence-electron chi connectivity index (χ4n) is 4.64.